The Labute approximate surface area is 572 Å². The number of rotatable bonds is 11. The van der Waals surface area contributed by atoms with Crippen molar-refractivity contribution in [2.75, 3.05) is 31.3 Å². The summed E-state index contributed by atoms with van der Waals surface area (Å²) in [5.41, 5.74) is 4.30. The summed E-state index contributed by atoms with van der Waals surface area (Å²) in [4.78, 5) is 54.2. The van der Waals surface area contributed by atoms with E-state index >= 15 is 14.7 Å². The normalized spacial score (nSPS) is 40.9. The van der Waals surface area contributed by atoms with Gasteiger partial charge in [-0.15, -0.1) is 5.92 Å². The molecule has 22 unspecified atom stereocenters. The van der Waals surface area contributed by atoms with Crippen molar-refractivity contribution in [3.63, 3.8) is 0 Å². The van der Waals surface area contributed by atoms with Gasteiger partial charge in [0.15, 0.2) is 23.8 Å². The molecule has 3 aromatic rings. The molecule has 1 aromatic heterocycles. The predicted octanol–water partition coefficient (Wildman–Crippen LogP) is 7.93. The monoisotopic (exact) mass is 1360 g/mol. The van der Waals surface area contributed by atoms with Crippen molar-refractivity contribution < 1.29 is 65.1 Å². The lowest BCUT2D eigenvalue weighted by molar-refractivity contribution is -0.208. The molecule has 8 aliphatic carbocycles. The number of esters is 1. The molecule has 7 fully saturated rings. The van der Waals surface area contributed by atoms with E-state index in [4.69, 9.17) is 15.5 Å². The maximum absolute atomic E-state index is 17.0. The third-order valence-electron chi connectivity index (χ3n) is 26.1. The van der Waals surface area contributed by atoms with Gasteiger partial charge in [0.2, 0.25) is 0 Å². The highest BCUT2D eigenvalue weighted by molar-refractivity contribution is 8.76. The molecular formula is C76H101N5O13S2. The number of phenols is 1. The highest BCUT2D eigenvalue weighted by Gasteiger charge is 2.76. The number of allylic oxidation sites excluding steroid dienone is 3. The molecule has 10 aliphatic rings. The van der Waals surface area contributed by atoms with Crippen LogP contribution in [0.5, 0.6) is 5.75 Å². The lowest BCUT2D eigenvalue weighted by Gasteiger charge is -2.66. The van der Waals surface area contributed by atoms with Gasteiger partial charge >= 0.3 is 5.97 Å². The van der Waals surface area contributed by atoms with Gasteiger partial charge in [0.05, 0.1) is 60.9 Å². The predicted molar refractivity (Wildman–Crippen MR) is 368 cm³/mol. The van der Waals surface area contributed by atoms with E-state index in [0.717, 1.165) is 68.1 Å². The van der Waals surface area contributed by atoms with Crippen molar-refractivity contribution in [3.05, 3.63) is 113 Å². The summed E-state index contributed by atoms with van der Waals surface area (Å²) in [6, 6.07) is 16.9. The van der Waals surface area contributed by atoms with Crippen LogP contribution >= 0.6 is 21.6 Å². The molecule has 5 saturated carbocycles. The van der Waals surface area contributed by atoms with E-state index in [1.54, 1.807) is 37.4 Å². The summed E-state index contributed by atoms with van der Waals surface area (Å²) in [5, 5.41) is 121. The van der Waals surface area contributed by atoms with Crippen LogP contribution in [0.25, 0.3) is 0 Å². The number of benzene rings is 2. The summed E-state index contributed by atoms with van der Waals surface area (Å²) in [6.45, 7) is 3.67. The number of ketones is 2. The van der Waals surface area contributed by atoms with Crippen molar-refractivity contribution in [2.24, 2.45) is 98.5 Å². The largest absolute Gasteiger partial charge is 0.508 e. The van der Waals surface area contributed by atoms with Crippen molar-refractivity contribution in [1.82, 2.24) is 15.6 Å². The molecule has 3 heterocycles. The molecule has 13 rings (SSSR count). The smallest absolute Gasteiger partial charge is 0.313 e. The third-order valence-corrected chi connectivity index (χ3v) is 28.6. The number of guanidine groups is 1. The van der Waals surface area contributed by atoms with Crippen molar-refractivity contribution >= 4 is 45.1 Å². The SMILES string of the molecule is CC1CCC2=CCC3C(C(O)O)CC(O)C(C)(O)C4C(CC#CC(C5COC(=O)C5c5cc[nH]c5)CC3C2C1)CC1(O)C2=C3NC(CO)C(=O)CC(c5ccc(O)cc5)CSSCC5C(O)C(O)CC(C6CCCCC6)(C2CCC41CCNC(N)=NCc1ccccc1)C5C3=O. The zero-order chi connectivity index (χ0) is 67.4. The molecule has 96 heavy (non-hydrogen) atoms. The van der Waals surface area contributed by atoms with Crippen LogP contribution in [0.15, 0.2) is 101 Å². The Balaban J connectivity index is 1.01. The number of nitrogens with two attached hydrogens (primary N) is 1. The molecule has 22 atom stereocenters. The van der Waals surface area contributed by atoms with E-state index < -0.39 is 130 Å². The van der Waals surface area contributed by atoms with E-state index in [1.165, 1.54) is 27.2 Å². The number of fused-ring (bicyclic) bond motifs is 10. The molecule has 14 N–H and O–H groups in total. The Hall–Kier alpha value is -5.18. The number of aromatic amines is 1. The van der Waals surface area contributed by atoms with Gasteiger partial charge < -0.3 is 72.0 Å². The first-order valence-corrected chi connectivity index (χ1v) is 38.3. The van der Waals surface area contributed by atoms with E-state index in [9.17, 15) is 45.6 Å². The number of Topliss-reactive ketones (excluding diaryl/α,β-unsaturated/α-hetero) is 2. The van der Waals surface area contributed by atoms with Crippen LogP contribution < -0.4 is 16.4 Å². The fourth-order valence-corrected chi connectivity index (χ4v) is 24.5. The molecule has 2 bridgehead atoms. The topological polar surface area (TPSA) is 321 Å². The second-order valence-corrected chi connectivity index (χ2v) is 33.5. The van der Waals surface area contributed by atoms with Crippen LogP contribution in [0.2, 0.25) is 0 Å². The Morgan fingerprint density at radius 1 is 0.896 bits per heavy atom. The van der Waals surface area contributed by atoms with E-state index in [2.05, 4.69) is 40.5 Å². The van der Waals surface area contributed by atoms with Crippen molar-refractivity contribution in [3.8, 4) is 17.6 Å². The van der Waals surface area contributed by atoms with E-state index in [-0.39, 0.29) is 117 Å². The Bertz CT molecular complexity index is 3440. The van der Waals surface area contributed by atoms with Crippen LogP contribution in [0.4, 0.5) is 0 Å². The molecule has 2 aliphatic heterocycles. The van der Waals surface area contributed by atoms with Crippen LogP contribution in [-0.2, 0) is 25.7 Å². The first-order valence-electron chi connectivity index (χ1n) is 35.8. The second-order valence-electron chi connectivity index (χ2n) is 31.0. The molecule has 520 valence electrons. The number of hydrogen-bond donors (Lipinski definition) is 13. The van der Waals surface area contributed by atoms with Crippen LogP contribution in [-0.4, -0.2) is 148 Å². The van der Waals surface area contributed by atoms with Gasteiger partial charge in [-0.05, 0) is 178 Å². The van der Waals surface area contributed by atoms with E-state index in [0.29, 0.717) is 36.5 Å². The Kier molecular flexibility index (Phi) is 20.5. The summed E-state index contributed by atoms with van der Waals surface area (Å²) >= 11 is 0. The Morgan fingerprint density at radius 2 is 1.67 bits per heavy atom. The zero-order valence-electron chi connectivity index (χ0n) is 55.5. The number of aliphatic hydroxyl groups is 8. The summed E-state index contributed by atoms with van der Waals surface area (Å²) < 4.78 is 6.00. The van der Waals surface area contributed by atoms with Gasteiger partial charge in [-0.1, -0.05) is 108 Å². The molecule has 0 spiro atoms. The van der Waals surface area contributed by atoms with Gasteiger partial charge in [0, 0.05) is 90.1 Å². The number of hydrogen-bond acceptors (Lipinski definition) is 17. The van der Waals surface area contributed by atoms with Crippen LogP contribution in [0, 0.1) is 99.6 Å². The number of cyclic esters (lactones) is 1. The van der Waals surface area contributed by atoms with Gasteiger partial charge in [-0.3, -0.25) is 14.4 Å². The van der Waals surface area contributed by atoms with E-state index in [1.807, 2.05) is 42.6 Å². The third kappa shape index (κ3) is 12.6. The lowest BCUT2D eigenvalue weighted by Crippen LogP contribution is -2.69. The minimum absolute atomic E-state index is 0.00270. The minimum atomic E-state index is -2.11. The number of aliphatic hydroxyl groups excluding tert-OH is 5. The number of aromatic nitrogens is 1. The standard InChI is InChI=1S/C76H101N5O13S2/c1-42-16-17-45-20-23-52-54(53(45)30-42)31-46(56-39-94-71(91)63(56)48-25-28-78-37-48)12-9-13-47-34-76(93)65-58(24-26-74(76,69(47)73(2,92)62(86)33-55(52)70(89)90)27-29-79-72(77)80-36-43-10-5-3-6-11-43)75(50-14-7-4-8-15-50)35-61(85)67(87)57-41-96-95-40-49(44-18-21-51(83)22-19-44)32-60(84)59(38-82)81-66(65)68(88)64(57)75/h3,5-6,10-11,18-22,25,28,37,42,46-47,49-50,52-59,61-64,67,69-70,78,81-83,85-87,89-90,92-93H,4,7-8,13-17,23-24,26-27,29-36,38-41H2,1-2H3,(H3,77,79,80). The van der Waals surface area contributed by atoms with Crippen LogP contribution in [0.3, 0.4) is 0 Å². The number of phenolic OH excluding ortho intramolecular Hbond substituents is 1. The van der Waals surface area contributed by atoms with Crippen molar-refractivity contribution in [2.45, 2.75) is 190 Å². The number of aromatic hydroxyl groups is 1. The average molecular weight is 1360 g/mol. The number of carbonyl (C=O) groups excluding carboxylic acids is 3. The fourth-order valence-electron chi connectivity index (χ4n) is 21.7. The number of carbonyl (C=O) groups is 3. The second kappa shape index (κ2) is 28.4. The highest BCUT2D eigenvalue weighted by Crippen LogP contribution is 2.75. The quantitative estimate of drug-likeness (QED) is 0.0165. The number of H-pyrrole nitrogens is 1. The first kappa shape index (κ1) is 69.3. The number of ether oxygens (including phenoxy) is 1. The van der Waals surface area contributed by atoms with Gasteiger partial charge in [-0.2, -0.15) is 0 Å². The van der Waals surface area contributed by atoms with Crippen molar-refractivity contribution in [1.29, 1.82) is 0 Å². The number of aliphatic imine (C=N–C) groups is 1. The molecule has 0 radical (unpaired) electrons. The molecule has 18 nitrogen and oxygen atoms in total. The van der Waals surface area contributed by atoms with Gasteiger partial charge in [0.25, 0.3) is 0 Å². The fraction of sp³-hybridized carbons (Fsp3) is 0.658. The summed E-state index contributed by atoms with van der Waals surface area (Å²) in [6.07, 6.45) is 8.38. The maximum Gasteiger partial charge on any atom is 0.313 e. The van der Waals surface area contributed by atoms with Crippen LogP contribution in [0.1, 0.15) is 158 Å². The molecule has 2 aromatic carbocycles. The first-order chi connectivity index (χ1) is 46.2. The zero-order valence-corrected chi connectivity index (χ0v) is 57.2. The summed E-state index contributed by atoms with van der Waals surface area (Å²) in [5.74, 6) is 0.193. The number of nitrogens with zero attached hydrogens (tertiary/aromatic N) is 1. The molecule has 20 heteroatoms. The van der Waals surface area contributed by atoms with Gasteiger partial charge in [-0.25, -0.2) is 4.99 Å². The van der Waals surface area contributed by atoms with Gasteiger partial charge in [0.1, 0.15) is 11.8 Å². The highest BCUT2D eigenvalue weighted by atomic mass is 33.1. The lowest BCUT2D eigenvalue weighted by atomic mass is 9.39. The minimum Gasteiger partial charge on any atom is -0.508 e. The maximum atomic E-state index is 17.0. The molecular weight excluding hydrogens is 1250 g/mol. The summed E-state index contributed by atoms with van der Waals surface area (Å²) in [7, 11) is 3.02. The molecule has 0 amide bonds. The Morgan fingerprint density at radius 3 is 2.41 bits per heavy atom. The average Bonchev–Trinajstić information content (AvgIpc) is 1.26. The molecule has 2 saturated heterocycles. The number of nitrogens with one attached hydrogen (secondary N) is 3.